The number of anilines is 6. The lowest BCUT2D eigenvalue weighted by Gasteiger charge is -2.25. The quantitative estimate of drug-likeness (QED) is 0.0100. The molecular formula is C85H95N3O9. The van der Waals surface area contributed by atoms with Crippen LogP contribution in [-0.2, 0) is 23.9 Å². The minimum Gasteiger partial charge on any atom is -0.493 e. The molecule has 0 amide bonds. The number of nitriles is 1. The number of carboxylic acids is 1. The Morgan fingerprint density at radius 2 is 0.701 bits per heavy atom. The van der Waals surface area contributed by atoms with Crippen LogP contribution in [0.1, 0.15) is 182 Å². The van der Waals surface area contributed by atoms with E-state index >= 15 is 0 Å². The largest absolute Gasteiger partial charge is 0.493 e. The molecule has 0 bridgehead atoms. The van der Waals surface area contributed by atoms with Gasteiger partial charge in [-0.2, -0.15) is 5.26 Å². The van der Waals surface area contributed by atoms with Crippen molar-refractivity contribution in [3.05, 3.63) is 245 Å². The van der Waals surface area contributed by atoms with Gasteiger partial charge in [0.05, 0.1) is 18.8 Å². The second-order valence-electron chi connectivity index (χ2n) is 25.9. The normalized spacial score (nSPS) is 11.5. The maximum absolute atomic E-state index is 11.9. The van der Waals surface area contributed by atoms with E-state index in [0.717, 1.165) is 153 Å². The molecule has 0 heterocycles. The molecule has 0 aliphatic heterocycles. The molecular weight excluding hydrogens is 1210 g/mol. The number of rotatable bonds is 35. The molecule has 0 saturated heterocycles. The fraction of sp³-hybridized carbons (Fsp3) is 0.306. The van der Waals surface area contributed by atoms with Crippen LogP contribution in [0, 0.1) is 11.3 Å². The molecule has 97 heavy (non-hydrogen) atoms. The Morgan fingerprint density at radius 1 is 0.402 bits per heavy atom. The molecule has 0 aliphatic carbocycles. The second kappa shape index (κ2) is 39.6. The van der Waals surface area contributed by atoms with E-state index in [0.29, 0.717) is 48.7 Å². The average molecular weight is 1300 g/mol. The molecule has 0 spiro atoms. The number of aldehydes is 1. The van der Waals surface area contributed by atoms with E-state index < -0.39 is 17.2 Å². The summed E-state index contributed by atoms with van der Waals surface area (Å²) in [6.45, 7) is 12.4. The third-order valence-corrected chi connectivity index (χ3v) is 15.6. The predicted molar refractivity (Wildman–Crippen MR) is 396 cm³/mol. The van der Waals surface area contributed by atoms with Crippen LogP contribution < -0.4 is 19.3 Å². The monoisotopic (exact) mass is 1300 g/mol. The Kier molecular flexibility index (Phi) is 30.3. The van der Waals surface area contributed by atoms with Crippen molar-refractivity contribution < 1.29 is 43.2 Å². The molecule has 1 N–H and O–H groups in total. The van der Waals surface area contributed by atoms with Crippen molar-refractivity contribution in [3.63, 3.8) is 0 Å². The number of benzene rings is 8. The van der Waals surface area contributed by atoms with Gasteiger partial charge in [-0.05, 0) is 187 Å². The van der Waals surface area contributed by atoms with Gasteiger partial charge in [-0.3, -0.25) is 14.4 Å². The number of hydrogen-bond donors (Lipinski definition) is 1. The van der Waals surface area contributed by atoms with Gasteiger partial charge < -0.3 is 33.9 Å². The minimum absolute atomic E-state index is 0.109. The highest BCUT2D eigenvalue weighted by molar-refractivity contribution is 5.97. The van der Waals surface area contributed by atoms with Crippen LogP contribution in [0.5, 0.6) is 11.5 Å². The summed E-state index contributed by atoms with van der Waals surface area (Å²) in [7, 11) is 0. The zero-order chi connectivity index (χ0) is 69.1. The lowest BCUT2D eigenvalue weighted by atomic mass is 10.1. The van der Waals surface area contributed by atoms with Gasteiger partial charge in [-0.1, -0.05) is 204 Å². The van der Waals surface area contributed by atoms with Crippen LogP contribution in [0.25, 0.3) is 30.4 Å². The van der Waals surface area contributed by atoms with Gasteiger partial charge in [0.2, 0.25) is 0 Å². The maximum Gasteiger partial charge on any atom is 0.346 e. The standard InChI is InChI=1S/C44H48N2O5.C41H47NO4/c1-44(2,3)51-42(47)21-15-7-5-4-6-8-16-30-50-41-31-35(24-27-36(41)32-37(33-45)43(48)49)23-22-34-25-28-40(29-26-34)46(38-17-11-9-12-18-38)39-19-13-10-14-20-39;1-41(2,3)46-40(44)21-15-7-5-4-6-8-16-30-45-39-31-34(24-27-35(39)32-43)23-22-33-25-28-38(29-26-33)42(36-17-11-9-12-18-36)37-19-13-10-14-20-37/h9-14,17-20,22-29,31-32H,4-8,15-16,21,30H2,1-3H3,(H,48,49);9-14,17-20,22-29,31-32H,4-8,15-16,21,30H2,1-3H3/b23-22+,37-32-;23-22+. The van der Waals surface area contributed by atoms with Crippen molar-refractivity contribution in [3.8, 4) is 17.6 Å². The van der Waals surface area contributed by atoms with Crippen molar-refractivity contribution in [2.24, 2.45) is 0 Å². The zero-order valence-corrected chi connectivity index (χ0v) is 57.4. The summed E-state index contributed by atoms with van der Waals surface area (Å²) >= 11 is 0. The molecule has 0 fully saturated rings. The number of para-hydroxylation sites is 4. The van der Waals surface area contributed by atoms with E-state index in [1.807, 2.05) is 139 Å². The number of esters is 2. The summed E-state index contributed by atoms with van der Waals surface area (Å²) < 4.78 is 22.9. The number of unbranched alkanes of at least 4 members (excludes halogenated alkanes) is 12. The number of aliphatic carboxylic acids is 1. The van der Waals surface area contributed by atoms with Gasteiger partial charge >= 0.3 is 17.9 Å². The van der Waals surface area contributed by atoms with Crippen LogP contribution in [0.3, 0.4) is 0 Å². The highest BCUT2D eigenvalue weighted by atomic mass is 16.6. The molecule has 0 saturated carbocycles. The molecule has 8 aromatic carbocycles. The first kappa shape index (κ1) is 74.1. The number of carboxylic acid groups (broad SMARTS) is 1. The summed E-state index contributed by atoms with van der Waals surface area (Å²) in [4.78, 5) is 51.3. The number of carbonyl (C=O) groups excluding carboxylic acids is 3. The summed E-state index contributed by atoms with van der Waals surface area (Å²) in [5.41, 5.74) is 10.4. The van der Waals surface area contributed by atoms with Crippen LogP contribution in [0.4, 0.5) is 34.1 Å². The van der Waals surface area contributed by atoms with Crippen LogP contribution in [0.2, 0.25) is 0 Å². The molecule has 12 nitrogen and oxygen atoms in total. The smallest absolute Gasteiger partial charge is 0.346 e. The Labute approximate surface area is 575 Å². The molecule has 0 aromatic heterocycles. The Hall–Kier alpha value is -10.3. The first-order chi connectivity index (χ1) is 46.9. The SMILES string of the molecule is CC(C)(C)OC(=O)CCCCCCCCCOc1cc(/C=C/c2ccc(N(c3ccccc3)c3ccccc3)cc2)ccc1/C=C(/C#N)C(=O)O.CC(C)(C)OC(=O)CCCCCCCCCOc1cc(/C=C/c2ccc(N(c3ccccc3)c3ccccc3)cc2)ccc1C=O. The van der Waals surface area contributed by atoms with E-state index in [-0.39, 0.29) is 17.5 Å². The summed E-state index contributed by atoms with van der Waals surface area (Å²) in [6.07, 6.45) is 25.5. The third kappa shape index (κ3) is 26.8. The molecule has 0 radical (unpaired) electrons. The number of hydrogen-bond acceptors (Lipinski definition) is 11. The molecule has 0 unspecified atom stereocenters. The first-order valence-corrected chi connectivity index (χ1v) is 34.1. The second-order valence-corrected chi connectivity index (χ2v) is 25.9. The molecule has 8 rings (SSSR count). The van der Waals surface area contributed by atoms with Crippen molar-refractivity contribution in [2.45, 2.75) is 155 Å². The number of carbonyl (C=O) groups is 4. The van der Waals surface area contributed by atoms with Gasteiger partial charge in [-0.25, -0.2) is 4.79 Å². The van der Waals surface area contributed by atoms with Gasteiger partial charge in [0.15, 0.2) is 6.29 Å². The van der Waals surface area contributed by atoms with E-state index in [1.54, 1.807) is 12.1 Å². The third-order valence-electron chi connectivity index (χ3n) is 15.6. The van der Waals surface area contributed by atoms with Gasteiger partial charge in [0, 0.05) is 52.5 Å². The van der Waals surface area contributed by atoms with Crippen molar-refractivity contribution in [1.29, 1.82) is 5.26 Å². The lowest BCUT2D eigenvalue weighted by molar-refractivity contribution is -0.156. The number of nitrogens with zero attached hydrogens (tertiary/aromatic N) is 3. The van der Waals surface area contributed by atoms with Gasteiger partial charge in [0.25, 0.3) is 0 Å². The van der Waals surface area contributed by atoms with E-state index in [4.69, 9.17) is 18.9 Å². The number of ether oxygens (including phenoxy) is 4. The Bertz CT molecular complexity index is 3750. The van der Waals surface area contributed by atoms with E-state index in [1.165, 1.54) is 6.08 Å². The highest BCUT2D eigenvalue weighted by Crippen LogP contribution is 2.37. The highest BCUT2D eigenvalue weighted by Gasteiger charge is 2.18. The van der Waals surface area contributed by atoms with Crippen LogP contribution in [0.15, 0.2) is 212 Å². The molecule has 0 aliphatic rings. The fourth-order valence-corrected chi connectivity index (χ4v) is 10.8. The van der Waals surface area contributed by atoms with Gasteiger partial charge in [-0.15, -0.1) is 0 Å². The van der Waals surface area contributed by atoms with Crippen LogP contribution >= 0.6 is 0 Å². The van der Waals surface area contributed by atoms with E-state index in [9.17, 15) is 29.5 Å². The lowest BCUT2D eigenvalue weighted by Crippen LogP contribution is -2.23. The van der Waals surface area contributed by atoms with Crippen LogP contribution in [-0.4, -0.2) is 53.7 Å². The Morgan fingerprint density at radius 3 is 1.03 bits per heavy atom. The zero-order valence-electron chi connectivity index (χ0n) is 57.4. The Balaban J connectivity index is 0.000000275. The van der Waals surface area contributed by atoms with E-state index in [2.05, 4.69) is 137 Å². The predicted octanol–water partition coefficient (Wildman–Crippen LogP) is 22.1. The minimum atomic E-state index is -1.28. The summed E-state index contributed by atoms with van der Waals surface area (Å²) in [6, 6.07) is 71.1. The molecule has 504 valence electrons. The van der Waals surface area contributed by atoms with Crippen molar-refractivity contribution in [1.82, 2.24) is 0 Å². The molecule has 0 atom stereocenters. The average Bonchev–Trinajstić information content (AvgIpc) is 0.928. The first-order valence-electron chi connectivity index (χ1n) is 34.1. The summed E-state index contributed by atoms with van der Waals surface area (Å²) in [5, 5.41) is 18.8. The fourth-order valence-electron chi connectivity index (χ4n) is 10.8. The maximum atomic E-state index is 11.9. The van der Waals surface area contributed by atoms with Gasteiger partial charge in [0.1, 0.15) is 34.3 Å². The summed E-state index contributed by atoms with van der Waals surface area (Å²) in [5.74, 6) is -0.369. The van der Waals surface area contributed by atoms with Crippen molar-refractivity contribution >= 4 is 88.7 Å². The topological polar surface area (TPSA) is 156 Å². The van der Waals surface area contributed by atoms with Crippen molar-refractivity contribution in [2.75, 3.05) is 23.0 Å². The molecule has 8 aromatic rings. The molecule has 12 heteroatoms.